The fourth-order valence-corrected chi connectivity index (χ4v) is 2.64. The van der Waals surface area contributed by atoms with Crippen LogP contribution in [0.3, 0.4) is 0 Å². The van der Waals surface area contributed by atoms with Crippen LogP contribution in [0.1, 0.15) is 45.4 Å². The van der Waals surface area contributed by atoms with Crippen LogP contribution < -0.4 is 5.32 Å². The summed E-state index contributed by atoms with van der Waals surface area (Å²) >= 11 is 0. The first-order chi connectivity index (χ1) is 8.16. The Hall–Kier alpha value is -1.08. The zero-order valence-corrected chi connectivity index (χ0v) is 10.4. The average Bonchev–Trinajstić information content (AvgIpc) is 2.34. The molecule has 0 aromatic rings. The van der Waals surface area contributed by atoms with Crippen molar-refractivity contribution in [1.82, 2.24) is 5.32 Å². The van der Waals surface area contributed by atoms with Crippen molar-refractivity contribution in [2.75, 3.05) is 13.2 Å². The van der Waals surface area contributed by atoms with E-state index in [1.54, 1.807) is 0 Å². The predicted octanol–water partition coefficient (Wildman–Crippen LogP) is 1.76. The second-order valence-electron chi connectivity index (χ2n) is 5.25. The molecule has 4 nitrogen and oxygen atoms in total. The van der Waals surface area contributed by atoms with Gasteiger partial charge in [-0.1, -0.05) is 6.92 Å². The van der Waals surface area contributed by atoms with Crippen LogP contribution in [0.25, 0.3) is 0 Å². The van der Waals surface area contributed by atoms with Gasteiger partial charge in [-0.2, -0.15) is 5.26 Å². The van der Waals surface area contributed by atoms with Crippen molar-refractivity contribution >= 4 is 5.91 Å². The van der Waals surface area contributed by atoms with Gasteiger partial charge in [0.2, 0.25) is 5.91 Å². The zero-order valence-electron chi connectivity index (χ0n) is 10.4. The first-order valence-corrected chi connectivity index (χ1v) is 6.48. The van der Waals surface area contributed by atoms with E-state index in [0.29, 0.717) is 26.1 Å². The van der Waals surface area contributed by atoms with Gasteiger partial charge >= 0.3 is 0 Å². The third kappa shape index (κ3) is 2.16. The summed E-state index contributed by atoms with van der Waals surface area (Å²) in [6, 6.07) is 2.22. The lowest BCUT2D eigenvalue weighted by Gasteiger charge is -2.44. The molecule has 1 saturated carbocycles. The minimum Gasteiger partial charge on any atom is -0.381 e. The maximum Gasteiger partial charge on any atom is 0.241 e. The van der Waals surface area contributed by atoms with Crippen molar-refractivity contribution in [2.24, 2.45) is 5.41 Å². The molecule has 4 heteroatoms. The number of nitrogens with zero attached hydrogens (tertiary/aromatic N) is 1. The second-order valence-corrected chi connectivity index (χ2v) is 5.25. The number of nitriles is 1. The van der Waals surface area contributed by atoms with E-state index in [9.17, 15) is 10.1 Å². The molecule has 2 rings (SSSR count). The minimum atomic E-state index is -0.851. The number of nitrogens with one attached hydrogen (secondary N) is 1. The van der Waals surface area contributed by atoms with Gasteiger partial charge in [0.15, 0.2) is 0 Å². The smallest absolute Gasteiger partial charge is 0.241 e. The maximum atomic E-state index is 12.3. The second kappa shape index (κ2) is 4.66. The summed E-state index contributed by atoms with van der Waals surface area (Å²) in [5, 5.41) is 12.4. The van der Waals surface area contributed by atoms with Crippen molar-refractivity contribution < 1.29 is 9.53 Å². The standard InChI is InChI=1S/C13H20N2O2/c1-2-13(4-3-5-13)15-11(16)12(10-14)6-8-17-9-7-12/h2-9H2,1H3,(H,15,16). The largest absolute Gasteiger partial charge is 0.381 e. The predicted molar refractivity (Wildman–Crippen MR) is 63.1 cm³/mol. The summed E-state index contributed by atoms with van der Waals surface area (Å²) in [6.07, 6.45) is 5.28. The molecule has 1 aliphatic heterocycles. The molecule has 2 fully saturated rings. The Morgan fingerprint density at radius 1 is 1.35 bits per heavy atom. The molecule has 1 heterocycles. The molecule has 1 saturated heterocycles. The highest BCUT2D eigenvalue weighted by molar-refractivity contribution is 5.86. The molecule has 0 atom stereocenters. The molecule has 0 radical (unpaired) electrons. The molecular weight excluding hydrogens is 216 g/mol. The van der Waals surface area contributed by atoms with Crippen LogP contribution in [0.2, 0.25) is 0 Å². The van der Waals surface area contributed by atoms with Gasteiger partial charge in [0.1, 0.15) is 5.41 Å². The molecule has 0 spiro atoms. The van der Waals surface area contributed by atoms with Crippen LogP contribution >= 0.6 is 0 Å². The molecule has 0 aromatic carbocycles. The highest BCUT2D eigenvalue weighted by atomic mass is 16.5. The Morgan fingerprint density at radius 3 is 2.41 bits per heavy atom. The van der Waals surface area contributed by atoms with Crippen molar-refractivity contribution in [3.63, 3.8) is 0 Å². The lowest BCUT2D eigenvalue weighted by atomic mass is 9.73. The van der Waals surface area contributed by atoms with Gasteiger partial charge in [-0.05, 0) is 38.5 Å². The van der Waals surface area contributed by atoms with Crippen LogP contribution in [0.4, 0.5) is 0 Å². The quantitative estimate of drug-likeness (QED) is 0.812. The van der Waals surface area contributed by atoms with Crippen LogP contribution in [-0.4, -0.2) is 24.7 Å². The Kier molecular flexibility index (Phi) is 3.39. The maximum absolute atomic E-state index is 12.3. The summed E-state index contributed by atoms with van der Waals surface area (Å²) in [5.74, 6) is -0.0788. The van der Waals surface area contributed by atoms with E-state index >= 15 is 0 Å². The zero-order chi connectivity index (χ0) is 12.4. The van der Waals surface area contributed by atoms with E-state index in [4.69, 9.17) is 4.74 Å². The van der Waals surface area contributed by atoms with E-state index in [0.717, 1.165) is 19.3 Å². The van der Waals surface area contributed by atoms with Crippen LogP contribution in [0, 0.1) is 16.7 Å². The summed E-state index contributed by atoms with van der Waals surface area (Å²) in [6.45, 7) is 3.13. The SMILES string of the molecule is CCC1(NC(=O)C2(C#N)CCOCC2)CCC1. The number of amides is 1. The fraction of sp³-hybridized carbons (Fsp3) is 0.846. The Balaban J connectivity index is 2.05. The molecule has 1 amide bonds. The van der Waals surface area contributed by atoms with Gasteiger partial charge in [0.25, 0.3) is 0 Å². The van der Waals surface area contributed by atoms with Crippen molar-refractivity contribution in [3.8, 4) is 6.07 Å². The van der Waals surface area contributed by atoms with E-state index in [1.807, 2.05) is 0 Å². The van der Waals surface area contributed by atoms with Crippen molar-refractivity contribution in [1.29, 1.82) is 5.26 Å². The first kappa shape index (κ1) is 12.4. The van der Waals surface area contributed by atoms with Crippen molar-refractivity contribution in [2.45, 2.75) is 51.0 Å². The molecule has 17 heavy (non-hydrogen) atoms. The fourth-order valence-electron chi connectivity index (χ4n) is 2.64. The lowest BCUT2D eigenvalue weighted by molar-refractivity contribution is -0.135. The monoisotopic (exact) mass is 236 g/mol. The van der Waals surface area contributed by atoms with Crippen LogP contribution in [0.5, 0.6) is 0 Å². The Labute approximate surface area is 102 Å². The molecular formula is C13H20N2O2. The molecule has 0 aromatic heterocycles. The number of hydrogen-bond donors (Lipinski definition) is 1. The molecule has 2 aliphatic rings. The summed E-state index contributed by atoms with van der Waals surface area (Å²) in [7, 11) is 0. The number of rotatable bonds is 3. The lowest BCUT2D eigenvalue weighted by Crippen LogP contribution is -2.57. The summed E-state index contributed by atoms with van der Waals surface area (Å²) in [5.41, 5.74) is -0.880. The number of carbonyl (C=O) groups is 1. The van der Waals surface area contributed by atoms with Gasteiger partial charge in [0, 0.05) is 18.8 Å². The van der Waals surface area contributed by atoms with Gasteiger partial charge in [-0.3, -0.25) is 4.79 Å². The van der Waals surface area contributed by atoms with E-state index in [-0.39, 0.29) is 11.4 Å². The molecule has 1 aliphatic carbocycles. The average molecular weight is 236 g/mol. The first-order valence-electron chi connectivity index (χ1n) is 6.48. The molecule has 1 N–H and O–H groups in total. The summed E-state index contributed by atoms with van der Waals surface area (Å²) in [4.78, 5) is 12.3. The highest BCUT2D eigenvalue weighted by Gasteiger charge is 2.45. The Morgan fingerprint density at radius 2 is 2.00 bits per heavy atom. The molecule has 0 unspecified atom stereocenters. The van der Waals surface area contributed by atoms with Crippen LogP contribution in [0.15, 0.2) is 0 Å². The van der Waals surface area contributed by atoms with Gasteiger partial charge in [-0.15, -0.1) is 0 Å². The topological polar surface area (TPSA) is 62.1 Å². The Bertz CT molecular complexity index is 330. The minimum absolute atomic E-state index is 0.0285. The van der Waals surface area contributed by atoms with Crippen LogP contribution in [-0.2, 0) is 9.53 Å². The third-order valence-electron chi connectivity index (χ3n) is 4.36. The third-order valence-corrected chi connectivity index (χ3v) is 4.36. The van der Waals surface area contributed by atoms with Gasteiger partial charge < -0.3 is 10.1 Å². The number of carbonyl (C=O) groups excluding carboxylic acids is 1. The van der Waals surface area contributed by atoms with E-state index in [1.165, 1.54) is 6.42 Å². The highest BCUT2D eigenvalue weighted by Crippen LogP contribution is 2.37. The van der Waals surface area contributed by atoms with E-state index < -0.39 is 5.41 Å². The summed E-state index contributed by atoms with van der Waals surface area (Å²) < 4.78 is 5.24. The van der Waals surface area contributed by atoms with Gasteiger partial charge in [0.05, 0.1) is 6.07 Å². The van der Waals surface area contributed by atoms with Gasteiger partial charge in [-0.25, -0.2) is 0 Å². The number of ether oxygens (including phenoxy) is 1. The number of hydrogen-bond acceptors (Lipinski definition) is 3. The normalized spacial score (nSPS) is 25.4. The van der Waals surface area contributed by atoms with Crippen molar-refractivity contribution in [3.05, 3.63) is 0 Å². The molecule has 94 valence electrons. The van der Waals surface area contributed by atoms with E-state index in [2.05, 4.69) is 18.3 Å². The molecule has 0 bridgehead atoms.